The molecule has 2 atom stereocenters. The Morgan fingerprint density at radius 1 is 1.43 bits per heavy atom. The first-order chi connectivity index (χ1) is 13.2. The molecule has 7 heteroatoms. The van der Waals surface area contributed by atoms with Crippen molar-refractivity contribution in [3.63, 3.8) is 0 Å². The van der Waals surface area contributed by atoms with Gasteiger partial charge in [-0.2, -0.15) is 0 Å². The largest absolute Gasteiger partial charge is 0.479 e. The Morgan fingerprint density at radius 3 is 2.71 bits per heavy atom. The number of hydrogen-bond acceptors (Lipinski definition) is 3. The maximum absolute atomic E-state index is 13.8. The van der Waals surface area contributed by atoms with Crippen molar-refractivity contribution in [2.24, 2.45) is 5.92 Å². The predicted molar refractivity (Wildman–Crippen MR) is 101 cm³/mol. The highest BCUT2D eigenvalue weighted by Crippen LogP contribution is 2.48. The van der Waals surface area contributed by atoms with Crippen LogP contribution >= 0.6 is 0 Å². The lowest BCUT2D eigenvalue weighted by Gasteiger charge is -2.32. The molecule has 1 aliphatic carbocycles. The summed E-state index contributed by atoms with van der Waals surface area (Å²) in [5, 5.41) is 21.0. The smallest absolute Gasteiger partial charge is 0.340 e. The van der Waals surface area contributed by atoms with Crippen LogP contribution in [0.25, 0.3) is 5.69 Å². The van der Waals surface area contributed by atoms with Gasteiger partial charge >= 0.3 is 5.97 Å². The van der Waals surface area contributed by atoms with Crippen molar-refractivity contribution in [3.05, 3.63) is 47.5 Å². The topological polar surface area (TPSA) is 75.3 Å². The second-order valence-electron chi connectivity index (χ2n) is 7.66. The van der Waals surface area contributed by atoms with E-state index >= 15 is 0 Å². The molecule has 0 spiro atoms. The number of aliphatic hydroxyl groups is 1. The summed E-state index contributed by atoms with van der Waals surface area (Å²) in [7, 11) is 0. The Morgan fingerprint density at radius 2 is 2.18 bits per heavy atom. The van der Waals surface area contributed by atoms with E-state index in [-0.39, 0.29) is 12.0 Å². The Bertz CT molecular complexity index is 865. The highest BCUT2D eigenvalue weighted by molar-refractivity contribution is 5.80. The molecule has 28 heavy (non-hydrogen) atoms. The molecular weight excluding hydrogens is 366 g/mol. The molecule has 2 unspecified atom stereocenters. The molecule has 1 aromatic carbocycles. The first kappa shape index (κ1) is 20.5. The van der Waals surface area contributed by atoms with E-state index in [1.54, 1.807) is 24.5 Å². The lowest BCUT2D eigenvalue weighted by atomic mass is 9.77. The lowest BCUT2D eigenvalue weighted by molar-refractivity contribution is -0.167. The van der Waals surface area contributed by atoms with Crippen LogP contribution in [-0.4, -0.2) is 31.7 Å². The molecule has 3 rings (SSSR count). The predicted octanol–water partition coefficient (Wildman–Crippen LogP) is 4.23. The number of benzene rings is 1. The van der Waals surface area contributed by atoms with Gasteiger partial charge in [0.1, 0.15) is 5.82 Å². The maximum atomic E-state index is 13.8. The highest BCUT2D eigenvalue weighted by atomic mass is 19.3. The van der Waals surface area contributed by atoms with Gasteiger partial charge in [-0.1, -0.05) is 19.4 Å². The normalized spacial score (nSPS) is 20.8. The fourth-order valence-electron chi connectivity index (χ4n) is 4.14. The molecule has 1 saturated carbocycles. The first-order valence-electron chi connectivity index (χ1n) is 9.66. The van der Waals surface area contributed by atoms with Crippen LogP contribution in [0.1, 0.15) is 56.0 Å². The molecule has 1 fully saturated rings. The van der Waals surface area contributed by atoms with Crippen molar-refractivity contribution in [2.75, 3.05) is 0 Å². The zero-order chi connectivity index (χ0) is 20.5. The number of carboxylic acids is 1. The molecule has 1 heterocycles. The number of rotatable bonds is 7. The summed E-state index contributed by atoms with van der Waals surface area (Å²) in [4.78, 5) is 16.3. The van der Waals surface area contributed by atoms with Crippen molar-refractivity contribution in [3.8, 4) is 5.69 Å². The van der Waals surface area contributed by atoms with Crippen LogP contribution in [0.4, 0.5) is 8.78 Å². The molecule has 2 aromatic rings. The minimum atomic E-state index is -2.94. The second-order valence-corrected chi connectivity index (χ2v) is 7.66. The van der Waals surface area contributed by atoms with Crippen molar-refractivity contribution in [1.82, 2.24) is 9.55 Å². The van der Waals surface area contributed by atoms with E-state index in [1.807, 2.05) is 24.5 Å². The zero-order valence-corrected chi connectivity index (χ0v) is 16.2. The molecule has 5 nitrogen and oxygen atoms in total. The summed E-state index contributed by atoms with van der Waals surface area (Å²) in [5.41, 5.74) is -0.634. The van der Waals surface area contributed by atoms with Crippen molar-refractivity contribution < 1.29 is 23.8 Å². The van der Waals surface area contributed by atoms with E-state index in [9.17, 15) is 23.8 Å². The van der Waals surface area contributed by atoms with Gasteiger partial charge in [0, 0.05) is 36.8 Å². The average Bonchev–Trinajstić information content (AvgIpc) is 3.24. The number of carboxylic acid groups (broad SMARTS) is 1. The third kappa shape index (κ3) is 3.68. The summed E-state index contributed by atoms with van der Waals surface area (Å²) >= 11 is 0. The van der Waals surface area contributed by atoms with E-state index in [0.29, 0.717) is 12.0 Å². The van der Waals surface area contributed by atoms with Gasteiger partial charge in [-0.25, -0.2) is 18.6 Å². The summed E-state index contributed by atoms with van der Waals surface area (Å²) in [6, 6.07) is 5.12. The van der Waals surface area contributed by atoms with Gasteiger partial charge in [0.2, 0.25) is 5.92 Å². The Labute approximate surface area is 163 Å². The van der Waals surface area contributed by atoms with Crippen LogP contribution in [0, 0.1) is 12.8 Å². The second kappa shape index (κ2) is 7.62. The van der Waals surface area contributed by atoms with E-state index < -0.39 is 36.3 Å². The van der Waals surface area contributed by atoms with Crippen LogP contribution in [0.2, 0.25) is 0 Å². The molecular formula is C21H26F2N2O3. The number of aryl methyl sites for hydroxylation is 2. The number of aromatic nitrogens is 2. The highest BCUT2D eigenvalue weighted by Gasteiger charge is 2.54. The minimum absolute atomic E-state index is 0.0224. The van der Waals surface area contributed by atoms with Gasteiger partial charge in [-0.3, -0.25) is 0 Å². The fourth-order valence-corrected chi connectivity index (χ4v) is 4.14. The van der Waals surface area contributed by atoms with Crippen LogP contribution < -0.4 is 0 Å². The number of alkyl halides is 2. The monoisotopic (exact) mass is 392 g/mol. The molecule has 1 aromatic heterocycles. The molecule has 1 aliphatic rings. The van der Waals surface area contributed by atoms with Crippen molar-refractivity contribution in [2.45, 2.75) is 63.9 Å². The standard InChI is InChI=1S/C21H26F2N2O3/c1-3-4-5-15-12-17(25-11-10-24-14(25)2)6-7-18(15)21(28,19(26)27)16-8-9-20(22,23)13-16/h6-7,10-12,16,28H,3-5,8-9,13H2,1-2H3,(H,26,27). The summed E-state index contributed by atoms with van der Waals surface area (Å²) < 4.78 is 29.4. The number of hydrogen-bond donors (Lipinski definition) is 2. The number of aliphatic carboxylic acids is 1. The van der Waals surface area contributed by atoms with E-state index in [2.05, 4.69) is 4.98 Å². The molecule has 0 bridgehead atoms. The molecule has 0 amide bonds. The SMILES string of the molecule is CCCCc1cc(-n2ccnc2C)ccc1C(O)(C(=O)O)C1CCC(F)(F)C1. The fraction of sp³-hybridized carbons (Fsp3) is 0.524. The summed E-state index contributed by atoms with van der Waals surface area (Å²) in [6.07, 6.45) is 4.68. The zero-order valence-electron chi connectivity index (χ0n) is 16.2. The third-order valence-electron chi connectivity index (χ3n) is 5.72. The van der Waals surface area contributed by atoms with Gasteiger partial charge in [0.25, 0.3) is 0 Å². The van der Waals surface area contributed by atoms with Gasteiger partial charge in [-0.15, -0.1) is 0 Å². The Kier molecular flexibility index (Phi) is 5.57. The molecule has 0 radical (unpaired) electrons. The van der Waals surface area contributed by atoms with Gasteiger partial charge in [-0.05, 0) is 49.4 Å². The van der Waals surface area contributed by atoms with Crippen LogP contribution in [-0.2, 0) is 16.8 Å². The van der Waals surface area contributed by atoms with Gasteiger partial charge in [0.15, 0.2) is 5.60 Å². The van der Waals surface area contributed by atoms with E-state index in [0.717, 1.165) is 24.4 Å². The Balaban J connectivity index is 2.09. The molecule has 2 N–H and O–H groups in total. The lowest BCUT2D eigenvalue weighted by Crippen LogP contribution is -2.43. The Hall–Kier alpha value is -2.28. The molecule has 152 valence electrons. The van der Waals surface area contributed by atoms with Crippen molar-refractivity contribution in [1.29, 1.82) is 0 Å². The third-order valence-corrected chi connectivity index (χ3v) is 5.72. The number of carbonyl (C=O) groups is 1. The maximum Gasteiger partial charge on any atom is 0.340 e. The number of unbranched alkanes of at least 4 members (excludes halogenated alkanes) is 1. The number of halogens is 2. The number of nitrogens with zero attached hydrogens (tertiary/aromatic N) is 2. The van der Waals surface area contributed by atoms with Crippen LogP contribution in [0.3, 0.4) is 0 Å². The average molecular weight is 392 g/mol. The minimum Gasteiger partial charge on any atom is -0.479 e. The summed E-state index contributed by atoms with van der Waals surface area (Å²) in [6.45, 7) is 3.87. The van der Waals surface area contributed by atoms with Gasteiger partial charge in [0.05, 0.1) is 0 Å². The van der Waals surface area contributed by atoms with E-state index in [4.69, 9.17) is 0 Å². The van der Waals surface area contributed by atoms with Gasteiger partial charge < -0.3 is 14.8 Å². The van der Waals surface area contributed by atoms with Crippen LogP contribution in [0.5, 0.6) is 0 Å². The quantitative estimate of drug-likeness (QED) is 0.739. The van der Waals surface area contributed by atoms with Crippen LogP contribution in [0.15, 0.2) is 30.6 Å². The van der Waals surface area contributed by atoms with Crippen molar-refractivity contribution >= 4 is 5.97 Å². The molecule has 0 aliphatic heterocycles. The summed E-state index contributed by atoms with van der Waals surface area (Å²) in [5.74, 6) is -4.66. The first-order valence-corrected chi connectivity index (χ1v) is 9.66. The van der Waals surface area contributed by atoms with E-state index in [1.165, 1.54) is 0 Å². The molecule has 0 saturated heterocycles. The number of imidazole rings is 1.